The largest absolute Gasteiger partial charge is 0.480 e. The summed E-state index contributed by atoms with van der Waals surface area (Å²) in [5.74, 6) is -1.02. The highest BCUT2D eigenvalue weighted by molar-refractivity contribution is 5.83. The van der Waals surface area contributed by atoms with Crippen molar-refractivity contribution in [3.05, 3.63) is 47.5 Å². The summed E-state index contributed by atoms with van der Waals surface area (Å²) in [5, 5.41) is 11.9. The van der Waals surface area contributed by atoms with Crippen LogP contribution in [0.25, 0.3) is 0 Å². The zero-order chi connectivity index (χ0) is 15.2. The second-order valence-electron chi connectivity index (χ2n) is 5.29. The third-order valence-electron chi connectivity index (χ3n) is 3.50. The Morgan fingerprint density at radius 2 is 2.05 bits per heavy atom. The number of hydrogen-bond acceptors (Lipinski definition) is 2. The van der Waals surface area contributed by atoms with E-state index in [1.54, 1.807) is 4.90 Å². The summed E-state index contributed by atoms with van der Waals surface area (Å²) in [6.07, 6.45) is 3.20. The molecule has 0 saturated heterocycles. The van der Waals surface area contributed by atoms with Gasteiger partial charge in [0.25, 0.3) is 0 Å². The Kier molecular flexibility index (Phi) is 4.98. The molecule has 0 bridgehead atoms. The van der Waals surface area contributed by atoms with Crippen molar-refractivity contribution in [1.82, 2.24) is 10.2 Å². The second-order valence-corrected chi connectivity index (χ2v) is 5.29. The van der Waals surface area contributed by atoms with Crippen LogP contribution in [0.5, 0.6) is 0 Å². The minimum Gasteiger partial charge on any atom is -0.480 e. The van der Waals surface area contributed by atoms with Gasteiger partial charge in [-0.15, -0.1) is 0 Å². The molecule has 1 aliphatic heterocycles. The molecule has 0 aliphatic carbocycles. The average Bonchev–Trinajstić information content (AvgIpc) is 2.47. The Labute approximate surface area is 124 Å². The van der Waals surface area contributed by atoms with Crippen molar-refractivity contribution in [2.45, 2.75) is 25.8 Å². The number of carbonyl (C=O) groups is 2. The number of carbonyl (C=O) groups excluding carboxylic acids is 1. The summed E-state index contributed by atoms with van der Waals surface area (Å²) in [7, 11) is 0. The minimum absolute atomic E-state index is 0.282. The quantitative estimate of drug-likeness (QED) is 0.833. The van der Waals surface area contributed by atoms with Gasteiger partial charge in [0, 0.05) is 19.5 Å². The lowest BCUT2D eigenvalue weighted by Crippen LogP contribution is -2.50. The predicted octanol–water partition coefficient (Wildman–Crippen LogP) is 2.04. The first-order chi connectivity index (χ1) is 10.1. The first-order valence-electron chi connectivity index (χ1n) is 7.04. The molecule has 5 heteroatoms. The van der Waals surface area contributed by atoms with E-state index < -0.39 is 12.0 Å². The highest BCUT2D eigenvalue weighted by Gasteiger charge is 2.24. The number of aliphatic carboxylic acids is 1. The number of carboxylic acid groups (broad SMARTS) is 1. The maximum atomic E-state index is 12.2. The Hall–Kier alpha value is -2.30. The van der Waals surface area contributed by atoms with Gasteiger partial charge < -0.3 is 15.3 Å². The third-order valence-corrected chi connectivity index (χ3v) is 3.50. The van der Waals surface area contributed by atoms with Crippen LogP contribution in [0.3, 0.4) is 0 Å². The lowest BCUT2D eigenvalue weighted by molar-refractivity contribution is -0.139. The summed E-state index contributed by atoms with van der Waals surface area (Å²) in [6.45, 7) is 3.16. The van der Waals surface area contributed by atoms with Gasteiger partial charge in [-0.1, -0.05) is 42.0 Å². The van der Waals surface area contributed by atoms with E-state index in [4.69, 9.17) is 0 Å². The Bertz CT molecular complexity index is 540. The minimum atomic E-state index is -1.02. The Balaban J connectivity index is 1.98. The van der Waals surface area contributed by atoms with E-state index in [1.165, 1.54) is 0 Å². The van der Waals surface area contributed by atoms with Gasteiger partial charge in [-0.05, 0) is 18.9 Å². The number of amides is 2. The molecule has 0 radical (unpaired) electrons. The first kappa shape index (κ1) is 15.1. The molecule has 1 unspecified atom stereocenters. The number of nitrogens with one attached hydrogen (secondary N) is 1. The van der Waals surface area contributed by atoms with E-state index in [1.807, 2.05) is 37.3 Å². The van der Waals surface area contributed by atoms with Crippen molar-refractivity contribution < 1.29 is 14.7 Å². The van der Waals surface area contributed by atoms with Crippen LogP contribution in [0.2, 0.25) is 0 Å². The van der Waals surface area contributed by atoms with Crippen LogP contribution in [0.15, 0.2) is 42.0 Å². The van der Waals surface area contributed by atoms with E-state index in [0.717, 1.165) is 17.6 Å². The van der Waals surface area contributed by atoms with E-state index in [9.17, 15) is 14.7 Å². The molecular formula is C16H20N2O3. The van der Waals surface area contributed by atoms with E-state index in [2.05, 4.69) is 11.4 Å². The molecule has 1 aromatic rings. The molecule has 0 fully saturated rings. The maximum Gasteiger partial charge on any atom is 0.326 e. The lowest BCUT2D eigenvalue weighted by Gasteiger charge is -2.28. The van der Waals surface area contributed by atoms with Crippen LogP contribution in [-0.4, -0.2) is 41.1 Å². The summed E-state index contributed by atoms with van der Waals surface area (Å²) >= 11 is 0. The summed E-state index contributed by atoms with van der Waals surface area (Å²) in [5.41, 5.74) is 2.02. The van der Waals surface area contributed by atoms with Gasteiger partial charge in [0.05, 0.1) is 0 Å². The molecule has 0 spiro atoms. The number of urea groups is 1. The van der Waals surface area contributed by atoms with Crippen LogP contribution < -0.4 is 5.32 Å². The fraction of sp³-hybridized carbons (Fsp3) is 0.375. The molecule has 1 aliphatic rings. The van der Waals surface area contributed by atoms with E-state index >= 15 is 0 Å². The molecule has 0 saturated carbocycles. The van der Waals surface area contributed by atoms with Gasteiger partial charge in [0.1, 0.15) is 6.04 Å². The highest BCUT2D eigenvalue weighted by Crippen LogP contribution is 2.10. The Morgan fingerprint density at radius 1 is 1.33 bits per heavy atom. The fourth-order valence-electron chi connectivity index (χ4n) is 2.38. The summed E-state index contributed by atoms with van der Waals surface area (Å²) in [6, 6.07) is 8.08. The van der Waals surface area contributed by atoms with E-state index in [-0.39, 0.29) is 12.5 Å². The molecule has 2 rings (SSSR count). The topological polar surface area (TPSA) is 69.6 Å². The van der Waals surface area contributed by atoms with Crippen LogP contribution in [0.4, 0.5) is 4.79 Å². The lowest BCUT2D eigenvalue weighted by atomic mass is 10.1. The fourth-order valence-corrected chi connectivity index (χ4v) is 2.38. The Morgan fingerprint density at radius 3 is 2.67 bits per heavy atom. The monoisotopic (exact) mass is 288 g/mol. The maximum absolute atomic E-state index is 12.2. The van der Waals surface area contributed by atoms with Gasteiger partial charge >= 0.3 is 12.0 Å². The average molecular weight is 288 g/mol. The molecule has 21 heavy (non-hydrogen) atoms. The molecule has 1 heterocycles. The normalized spacial score (nSPS) is 16.0. The number of nitrogens with zero attached hydrogens (tertiary/aromatic N) is 1. The van der Waals surface area contributed by atoms with Crippen molar-refractivity contribution in [3.63, 3.8) is 0 Å². The van der Waals surface area contributed by atoms with Crippen molar-refractivity contribution in [3.8, 4) is 0 Å². The molecule has 112 valence electrons. The molecule has 1 atom stereocenters. The van der Waals surface area contributed by atoms with E-state index in [0.29, 0.717) is 13.1 Å². The van der Waals surface area contributed by atoms with Gasteiger partial charge in [-0.3, -0.25) is 0 Å². The van der Waals surface area contributed by atoms with Crippen molar-refractivity contribution in [1.29, 1.82) is 0 Å². The van der Waals surface area contributed by atoms with Crippen LogP contribution >= 0.6 is 0 Å². The van der Waals surface area contributed by atoms with Gasteiger partial charge in [0.2, 0.25) is 0 Å². The van der Waals surface area contributed by atoms with Crippen molar-refractivity contribution >= 4 is 12.0 Å². The molecule has 1 aromatic carbocycles. The number of hydrogen-bond donors (Lipinski definition) is 2. The highest BCUT2D eigenvalue weighted by atomic mass is 16.4. The van der Waals surface area contributed by atoms with Crippen molar-refractivity contribution in [2.24, 2.45) is 0 Å². The van der Waals surface area contributed by atoms with Crippen LogP contribution in [-0.2, 0) is 11.2 Å². The molecule has 2 amide bonds. The van der Waals surface area contributed by atoms with Gasteiger partial charge in [0.15, 0.2) is 0 Å². The van der Waals surface area contributed by atoms with Gasteiger partial charge in [-0.25, -0.2) is 9.59 Å². The first-order valence-corrected chi connectivity index (χ1v) is 7.04. The number of rotatable bonds is 4. The predicted molar refractivity (Wildman–Crippen MR) is 80.0 cm³/mol. The molecular weight excluding hydrogens is 268 g/mol. The van der Waals surface area contributed by atoms with Crippen LogP contribution in [0, 0.1) is 0 Å². The molecule has 5 nitrogen and oxygen atoms in total. The molecule has 0 aromatic heterocycles. The number of benzene rings is 1. The second kappa shape index (κ2) is 6.92. The zero-order valence-electron chi connectivity index (χ0n) is 12.1. The standard InChI is InChI=1S/C16H20N2O3/c1-12-6-5-9-18(11-12)16(21)17-14(15(19)20)10-13-7-3-2-4-8-13/h2-4,6-8,14H,5,9-11H2,1H3,(H,17,21)(H,19,20). The third kappa shape index (κ3) is 4.34. The smallest absolute Gasteiger partial charge is 0.326 e. The van der Waals surface area contributed by atoms with Gasteiger partial charge in [-0.2, -0.15) is 0 Å². The number of carboxylic acids is 1. The van der Waals surface area contributed by atoms with Crippen LogP contribution in [0.1, 0.15) is 18.9 Å². The van der Waals surface area contributed by atoms with Crippen molar-refractivity contribution in [2.75, 3.05) is 13.1 Å². The summed E-state index contributed by atoms with van der Waals surface area (Å²) < 4.78 is 0. The SMILES string of the molecule is CC1=CCCN(C(=O)NC(Cc2ccccc2)C(=O)O)C1. The zero-order valence-corrected chi connectivity index (χ0v) is 12.1. The molecule has 2 N–H and O–H groups in total. The summed E-state index contributed by atoms with van der Waals surface area (Å²) in [4.78, 5) is 25.2.